The number of amides is 1. The fraction of sp³-hybridized carbons (Fsp3) is 0.150. The van der Waals surface area contributed by atoms with Gasteiger partial charge in [0.1, 0.15) is 23.2 Å². The Morgan fingerprint density at radius 1 is 1.32 bits per heavy atom. The monoisotopic (exact) mass is 433 g/mol. The largest absolute Gasteiger partial charge is 0.489 e. The van der Waals surface area contributed by atoms with E-state index >= 15 is 0 Å². The van der Waals surface area contributed by atoms with Gasteiger partial charge in [-0.05, 0) is 42.3 Å². The first-order valence-corrected chi connectivity index (χ1v) is 9.89. The minimum Gasteiger partial charge on any atom is -0.489 e. The van der Waals surface area contributed by atoms with E-state index in [-0.39, 0.29) is 4.32 Å². The number of thioether (sulfide) groups is 1. The normalized spacial score (nSPS) is 15.4. The van der Waals surface area contributed by atoms with E-state index in [1.807, 2.05) is 43.3 Å². The number of hydrogen-bond acceptors (Lipinski definition) is 5. The zero-order valence-corrected chi connectivity index (χ0v) is 17.2. The molecule has 0 aromatic heterocycles. The SMILES string of the molecule is Cc1ccc(COc2cccc(/C=C3\SC(=S)N(CC(=O)O)C3=O)c2)c(Cl)c1. The molecule has 3 rings (SSSR count). The molecule has 0 radical (unpaired) electrons. The topological polar surface area (TPSA) is 66.8 Å². The van der Waals surface area contributed by atoms with Crippen LogP contribution in [0.15, 0.2) is 47.4 Å². The molecule has 0 saturated carbocycles. The van der Waals surface area contributed by atoms with E-state index in [0.29, 0.717) is 22.3 Å². The molecule has 1 aliphatic heterocycles. The van der Waals surface area contributed by atoms with Crippen LogP contribution in [-0.4, -0.2) is 32.7 Å². The van der Waals surface area contributed by atoms with Crippen molar-refractivity contribution in [2.45, 2.75) is 13.5 Å². The maximum absolute atomic E-state index is 12.4. The van der Waals surface area contributed by atoms with Gasteiger partial charge >= 0.3 is 5.97 Å². The highest BCUT2D eigenvalue weighted by atomic mass is 35.5. The Morgan fingerprint density at radius 2 is 2.11 bits per heavy atom. The maximum atomic E-state index is 12.4. The van der Waals surface area contributed by atoms with Crippen LogP contribution >= 0.6 is 35.6 Å². The maximum Gasteiger partial charge on any atom is 0.323 e. The average molecular weight is 434 g/mol. The minimum absolute atomic E-state index is 0.236. The quantitative estimate of drug-likeness (QED) is 0.534. The van der Waals surface area contributed by atoms with Crippen molar-refractivity contribution in [3.05, 3.63) is 69.1 Å². The van der Waals surface area contributed by atoms with Gasteiger partial charge in [-0.3, -0.25) is 14.5 Å². The molecule has 2 aromatic carbocycles. The summed E-state index contributed by atoms with van der Waals surface area (Å²) in [5.74, 6) is -0.885. The first kappa shape index (κ1) is 20.4. The van der Waals surface area contributed by atoms with Gasteiger partial charge in [-0.1, -0.05) is 59.8 Å². The first-order chi connectivity index (χ1) is 13.3. The van der Waals surface area contributed by atoms with Crippen LogP contribution < -0.4 is 4.74 Å². The van der Waals surface area contributed by atoms with E-state index < -0.39 is 18.4 Å². The second kappa shape index (κ2) is 8.77. The van der Waals surface area contributed by atoms with Crippen molar-refractivity contribution in [3.63, 3.8) is 0 Å². The van der Waals surface area contributed by atoms with Gasteiger partial charge in [0.15, 0.2) is 0 Å². The molecule has 1 amide bonds. The van der Waals surface area contributed by atoms with E-state index in [1.165, 1.54) is 0 Å². The number of hydrogen-bond donors (Lipinski definition) is 1. The van der Waals surface area contributed by atoms with Gasteiger partial charge in [-0.2, -0.15) is 0 Å². The highest BCUT2D eigenvalue weighted by molar-refractivity contribution is 8.26. The molecule has 0 aliphatic carbocycles. The van der Waals surface area contributed by atoms with E-state index in [9.17, 15) is 9.59 Å². The van der Waals surface area contributed by atoms with Crippen molar-refractivity contribution in [1.29, 1.82) is 0 Å². The molecule has 28 heavy (non-hydrogen) atoms. The molecular weight excluding hydrogens is 418 g/mol. The molecule has 1 N–H and O–H groups in total. The van der Waals surface area contributed by atoms with E-state index in [0.717, 1.165) is 33.4 Å². The third-order valence-electron chi connectivity index (χ3n) is 3.93. The number of rotatable bonds is 6. The van der Waals surface area contributed by atoms with E-state index in [2.05, 4.69) is 0 Å². The van der Waals surface area contributed by atoms with Gasteiger partial charge in [-0.25, -0.2) is 0 Å². The lowest BCUT2D eigenvalue weighted by molar-refractivity contribution is -0.140. The summed E-state index contributed by atoms with van der Waals surface area (Å²) in [4.78, 5) is 24.7. The highest BCUT2D eigenvalue weighted by Gasteiger charge is 2.33. The molecule has 1 heterocycles. The molecule has 0 unspecified atom stereocenters. The van der Waals surface area contributed by atoms with Gasteiger partial charge in [0.2, 0.25) is 0 Å². The van der Waals surface area contributed by atoms with Crippen LogP contribution in [0.1, 0.15) is 16.7 Å². The molecule has 144 valence electrons. The Morgan fingerprint density at radius 3 is 2.82 bits per heavy atom. The Hall–Kier alpha value is -2.35. The second-order valence-corrected chi connectivity index (χ2v) is 8.20. The van der Waals surface area contributed by atoms with E-state index in [4.69, 9.17) is 33.7 Å². The smallest absolute Gasteiger partial charge is 0.323 e. The van der Waals surface area contributed by atoms with Gasteiger partial charge in [0, 0.05) is 10.6 Å². The molecule has 1 aliphatic rings. The van der Waals surface area contributed by atoms with Crippen molar-refractivity contribution >= 4 is 57.9 Å². The van der Waals surface area contributed by atoms with Crippen molar-refractivity contribution in [2.24, 2.45) is 0 Å². The summed E-state index contributed by atoms with van der Waals surface area (Å²) in [6.45, 7) is 1.85. The lowest BCUT2D eigenvalue weighted by Crippen LogP contribution is -2.33. The molecular formula is C20H16ClNO4S2. The Kier molecular flexibility index (Phi) is 6.39. The number of aliphatic carboxylic acids is 1. The van der Waals surface area contributed by atoms with Gasteiger partial charge in [0.25, 0.3) is 5.91 Å². The second-order valence-electron chi connectivity index (χ2n) is 6.12. The van der Waals surface area contributed by atoms with Crippen molar-refractivity contribution in [1.82, 2.24) is 4.90 Å². The third-order valence-corrected chi connectivity index (χ3v) is 5.66. The molecule has 2 aromatic rings. The minimum atomic E-state index is -1.11. The molecule has 1 fully saturated rings. The zero-order chi connectivity index (χ0) is 20.3. The van der Waals surface area contributed by atoms with Crippen molar-refractivity contribution < 1.29 is 19.4 Å². The fourth-order valence-electron chi connectivity index (χ4n) is 2.55. The summed E-state index contributed by atoms with van der Waals surface area (Å²) in [5.41, 5.74) is 2.71. The summed E-state index contributed by atoms with van der Waals surface area (Å²) in [5, 5.41) is 9.55. The summed E-state index contributed by atoms with van der Waals surface area (Å²) in [7, 11) is 0. The van der Waals surface area contributed by atoms with Gasteiger partial charge in [0.05, 0.1) is 4.91 Å². The molecule has 8 heteroatoms. The van der Waals surface area contributed by atoms with Crippen LogP contribution in [0.25, 0.3) is 6.08 Å². The summed E-state index contributed by atoms with van der Waals surface area (Å²) in [6, 6.07) is 13.0. The number of ether oxygens (including phenoxy) is 1. The number of carbonyl (C=O) groups is 2. The molecule has 5 nitrogen and oxygen atoms in total. The Balaban J connectivity index is 1.73. The number of carboxylic acid groups (broad SMARTS) is 1. The Bertz CT molecular complexity index is 990. The number of carboxylic acids is 1. The first-order valence-electron chi connectivity index (χ1n) is 8.28. The lowest BCUT2D eigenvalue weighted by atomic mass is 10.1. The standard InChI is InChI=1S/C20H16ClNO4S2/c1-12-5-6-14(16(21)7-12)11-26-15-4-2-3-13(8-15)9-17-19(25)22(10-18(23)24)20(27)28-17/h2-9H,10-11H2,1H3,(H,23,24)/b17-9-. The van der Waals surface area contributed by atoms with Gasteiger partial charge < -0.3 is 9.84 Å². The fourth-order valence-corrected chi connectivity index (χ4v) is 4.09. The summed E-state index contributed by atoms with van der Waals surface area (Å²) < 4.78 is 6.06. The third kappa shape index (κ3) is 4.92. The highest BCUT2D eigenvalue weighted by Crippen LogP contribution is 2.33. The zero-order valence-electron chi connectivity index (χ0n) is 14.8. The number of benzene rings is 2. The van der Waals surface area contributed by atoms with Crippen LogP contribution in [0.4, 0.5) is 0 Å². The molecule has 0 spiro atoms. The predicted molar refractivity (Wildman–Crippen MR) is 114 cm³/mol. The molecule has 1 saturated heterocycles. The predicted octanol–water partition coefficient (Wildman–Crippen LogP) is 4.51. The number of thiocarbonyl (C=S) groups is 1. The Labute approximate surface area is 176 Å². The van der Waals surface area contributed by atoms with Crippen LogP contribution in [0, 0.1) is 6.92 Å². The lowest BCUT2D eigenvalue weighted by Gasteiger charge is -2.10. The molecule has 0 atom stereocenters. The van der Waals surface area contributed by atoms with Gasteiger partial charge in [-0.15, -0.1) is 0 Å². The van der Waals surface area contributed by atoms with Crippen LogP contribution in [-0.2, 0) is 16.2 Å². The summed E-state index contributed by atoms with van der Waals surface area (Å²) in [6.07, 6.45) is 1.67. The van der Waals surface area contributed by atoms with Crippen molar-refractivity contribution in [3.8, 4) is 5.75 Å². The van der Waals surface area contributed by atoms with Crippen LogP contribution in [0.5, 0.6) is 5.75 Å². The van der Waals surface area contributed by atoms with Crippen molar-refractivity contribution in [2.75, 3.05) is 6.54 Å². The van der Waals surface area contributed by atoms with Crippen LogP contribution in [0.3, 0.4) is 0 Å². The average Bonchev–Trinajstić information content (AvgIpc) is 2.88. The number of carbonyl (C=O) groups excluding carboxylic acids is 1. The number of nitrogens with zero attached hydrogens (tertiary/aromatic N) is 1. The summed E-state index contributed by atoms with van der Waals surface area (Å²) >= 11 is 12.4. The number of aryl methyl sites for hydroxylation is 1. The number of halogens is 1. The molecule has 0 bridgehead atoms. The van der Waals surface area contributed by atoms with Crippen LogP contribution in [0.2, 0.25) is 5.02 Å². The van der Waals surface area contributed by atoms with E-state index in [1.54, 1.807) is 12.1 Å².